The molecule has 0 radical (unpaired) electrons. The van der Waals surface area contributed by atoms with Gasteiger partial charge in [-0.3, -0.25) is 0 Å². The maximum Gasteiger partial charge on any atom is 0.0717 e. The molecule has 0 aliphatic heterocycles. The van der Waals surface area contributed by atoms with E-state index >= 15 is 0 Å². The second-order valence-corrected chi connectivity index (χ2v) is 4.34. The van der Waals surface area contributed by atoms with E-state index in [0.29, 0.717) is 6.61 Å². The number of likely N-dealkylation sites (N-methyl/N-ethyl adjacent to an activating group) is 1. The topological polar surface area (TPSA) is 38.5 Å². The zero-order chi connectivity index (χ0) is 12.3. The summed E-state index contributed by atoms with van der Waals surface area (Å²) in [5.74, 6) is 0. The number of hydrogen-bond donors (Lipinski definition) is 1. The number of nitrogens with two attached hydrogens (primary N) is 1. The van der Waals surface area contributed by atoms with Gasteiger partial charge in [-0.05, 0) is 38.5 Å². The van der Waals surface area contributed by atoms with Crippen LogP contribution >= 0.6 is 0 Å². The summed E-state index contributed by atoms with van der Waals surface area (Å²) >= 11 is 0. The Morgan fingerprint density at radius 3 is 2.59 bits per heavy atom. The molecule has 3 nitrogen and oxygen atoms in total. The highest BCUT2D eigenvalue weighted by Gasteiger charge is 1.98. The third kappa shape index (κ3) is 7.10. The Kier molecular flexibility index (Phi) is 7.63. The molecule has 0 saturated carbocycles. The van der Waals surface area contributed by atoms with Gasteiger partial charge in [0.2, 0.25) is 0 Å². The number of ether oxygens (including phenoxy) is 1. The molecule has 1 aromatic rings. The second kappa shape index (κ2) is 9.16. The van der Waals surface area contributed by atoms with Crippen molar-refractivity contribution in [1.29, 1.82) is 0 Å². The summed E-state index contributed by atoms with van der Waals surface area (Å²) < 4.78 is 5.63. The van der Waals surface area contributed by atoms with Crippen molar-refractivity contribution < 1.29 is 4.74 Å². The molecule has 96 valence electrons. The summed E-state index contributed by atoms with van der Waals surface area (Å²) in [6, 6.07) is 10.3. The highest BCUT2D eigenvalue weighted by molar-refractivity contribution is 5.13. The average Bonchev–Trinajstić information content (AvgIpc) is 2.36. The highest BCUT2D eigenvalue weighted by atomic mass is 16.5. The Morgan fingerprint density at radius 1 is 1.12 bits per heavy atom. The summed E-state index contributed by atoms with van der Waals surface area (Å²) in [6.07, 6.45) is 2.28. The Balaban J connectivity index is 2.00. The molecule has 0 spiro atoms. The molecule has 0 atom stereocenters. The van der Waals surface area contributed by atoms with Crippen molar-refractivity contribution in [3.63, 3.8) is 0 Å². The van der Waals surface area contributed by atoms with E-state index in [0.717, 1.165) is 32.7 Å². The van der Waals surface area contributed by atoms with Gasteiger partial charge in [0.05, 0.1) is 13.2 Å². The third-order valence-electron chi connectivity index (χ3n) is 2.72. The van der Waals surface area contributed by atoms with Crippen LogP contribution in [-0.4, -0.2) is 38.2 Å². The van der Waals surface area contributed by atoms with Gasteiger partial charge < -0.3 is 15.4 Å². The Bertz CT molecular complexity index is 277. The SMILES string of the molecule is CN(CCCCN)CCOCc1ccccc1. The fourth-order valence-electron chi connectivity index (χ4n) is 1.62. The van der Waals surface area contributed by atoms with Crippen molar-refractivity contribution in [2.45, 2.75) is 19.4 Å². The van der Waals surface area contributed by atoms with E-state index in [-0.39, 0.29) is 0 Å². The smallest absolute Gasteiger partial charge is 0.0717 e. The molecule has 0 aliphatic rings. The number of benzene rings is 1. The van der Waals surface area contributed by atoms with E-state index in [4.69, 9.17) is 10.5 Å². The molecule has 1 aromatic carbocycles. The predicted molar refractivity (Wildman–Crippen MR) is 71.9 cm³/mol. The predicted octanol–water partition coefficient (Wildman–Crippen LogP) is 1.87. The maximum atomic E-state index is 5.63. The summed E-state index contributed by atoms with van der Waals surface area (Å²) in [6.45, 7) is 4.37. The molecule has 0 aliphatic carbocycles. The van der Waals surface area contributed by atoms with Crippen LogP contribution in [0.4, 0.5) is 0 Å². The van der Waals surface area contributed by atoms with Crippen molar-refractivity contribution in [2.24, 2.45) is 5.73 Å². The van der Waals surface area contributed by atoms with Crippen molar-refractivity contribution in [3.8, 4) is 0 Å². The largest absolute Gasteiger partial charge is 0.375 e. The molecule has 0 heterocycles. The van der Waals surface area contributed by atoms with Gasteiger partial charge in [0.15, 0.2) is 0 Å². The van der Waals surface area contributed by atoms with Crippen LogP contribution in [0.5, 0.6) is 0 Å². The van der Waals surface area contributed by atoms with Gasteiger partial charge in [-0.15, -0.1) is 0 Å². The number of hydrogen-bond acceptors (Lipinski definition) is 3. The fraction of sp³-hybridized carbons (Fsp3) is 0.571. The lowest BCUT2D eigenvalue weighted by Crippen LogP contribution is -2.24. The molecule has 17 heavy (non-hydrogen) atoms. The zero-order valence-corrected chi connectivity index (χ0v) is 10.8. The summed E-state index contributed by atoms with van der Waals surface area (Å²) in [5, 5.41) is 0. The summed E-state index contributed by atoms with van der Waals surface area (Å²) in [5.41, 5.74) is 6.69. The van der Waals surface area contributed by atoms with E-state index in [1.54, 1.807) is 0 Å². The number of nitrogens with zero attached hydrogens (tertiary/aromatic N) is 1. The van der Waals surface area contributed by atoms with E-state index < -0.39 is 0 Å². The standard InChI is InChI=1S/C14H24N2O/c1-16(10-6-5-9-15)11-12-17-13-14-7-3-2-4-8-14/h2-4,7-8H,5-6,9-13,15H2,1H3. The van der Waals surface area contributed by atoms with Crippen LogP contribution < -0.4 is 5.73 Å². The molecule has 0 aromatic heterocycles. The van der Waals surface area contributed by atoms with Crippen LogP contribution in [-0.2, 0) is 11.3 Å². The fourth-order valence-corrected chi connectivity index (χ4v) is 1.62. The molecule has 0 saturated heterocycles. The van der Waals surface area contributed by atoms with Crippen LogP contribution in [0.3, 0.4) is 0 Å². The minimum Gasteiger partial charge on any atom is -0.375 e. The molecule has 0 amide bonds. The Morgan fingerprint density at radius 2 is 1.88 bits per heavy atom. The maximum absolute atomic E-state index is 5.63. The van der Waals surface area contributed by atoms with Crippen LogP contribution in [0.25, 0.3) is 0 Å². The van der Waals surface area contributed by atoms with E-state index in [9.17, 15) is 0 Å². The van der Waals surface area contributed by atoms with E-state index in [1.807, 2.05) is 18.2 Å². The van der Waals surface area contributed by atoms with Gasteiger partial charge in [0.25, 0.3) is 0 Å². The second-order valence-electron chi connectivity index (χ2n) is 4.34. The Labute approximate surface area is 105 Å². The van der Waals surface area contributed by atoms with Gasteiger partial charge in [0, 0.05) is 6.54 Å². The lowest BCUT2D eigenvalue weighted by molar-refractivity contribution is 0.0993. The number of rotatable bonds is 9. The molecule has 1 rings (SSSR count). The van der Waals surface area contributed by atoms with Crippen LogP contribution in [0.2, 0.25) is 0 Å². The van der Waals surface area contributed by atoms with Crippen LogP contribution in [0.15, 0.2) is 30.3 Å². The lowest BCUT2D eigenvalue weighted by Gasteiger charge is -2.16. The number of unbranched alkanes of at least 4 members (excludes halogenated alkanes) is 1. The molecule has 0 bridgehead atoms. The van der Waals surface area contributed by atoms with Crippen LogP contribution in [0, 0.1) is 0 Å². The lowest BCUT2D eigenvalue weighted by atomic mass is 10.2. The average molecular weight is 236 g/mol. The highest BCUT2D eigenvalue weighted by Crippen LogP contribution is 2.00. The van der Waals surface area contributed by atoms with E-state index in [1.165, 1.54) is 12.0 Å². The van der Waals surface area contributed by atoms with Gasteiger partial charge in [-0.1, -0.05) is 30.3 Å². The first-order chi connectivity index (χ1) is 8.33. The summed E-state index contributed by atoms with van der Waals surface area (Å²) in [4.78, 5) is 2.29. The molecule has 2 N–H and O–H groups in total. The molecule has 0 fully saturated rings. The van der Waals surface area contributed by atoms with Crippen LogP contribution in [0.1, 0.15) is 18.4 Å². The van der Waals surface area contributed by atoms with Crippen molar-refractivity contribution in [3.05, 3.63) is 35.9 Å². The van der Waals surface area contributed by atoms with Gasteiger partial charge in [0.1, 0.15) is 0 Å². The zero-order valence-electron chi connectivity index (χ0n) is 10.8. The van der Waals surface area contributed by atoms with Crippen molar-refractivity contribution in [2.75, 3.05) is 33.3 Å². The van der Waals surface area contributed by atoms with Gasteiger partial charge in [-0.25, -0.2) is 0 Å². The van der Waals surface area contributed by atoms with Gasteiger partial charge >= 0.3 is 0 Å². The molecular weight excluding hydrogens is 212 g/mol. The first-order valence-electron chi connectivity index (χ1n) is 6.33. The Hall–Kier alpha value is -0.900. The molecular formula is C14H24N2O. The monoisotopic (exact) mass is 236 g/mol. The first kappa shape index (κ1) is 14.2. The van der Waals surface area contributed by atoms with E-state index in [2.05, 4.69) is 24.1 Å². The van der Waals surface area contributed by atoms with Crippen molar-refractivity contribution in [1.82, 2.24) is 4.90 Å². The third-order valence-corrected chi connectivity index (χ3v) is 2.72. The van der Waals surface area contributed by atoms with Gasteiger partial charge in [-0.2, -0.15) is 0 Å². The first-order valence-corrected chi connectivity index (χ1v) is 6.33. The minimum absolute atomic E-state index is 0.706. The molecule has 0 unspecified atom stereocenters. The quantitative estimate of drug-likeness (QED) is 0.665. The summed E-state index contributed by atoms with van der Waals surface area (Å²) in [7, 11) is 2.13. The minimum atomic E-state index is 0.706. The molecule has 3 heteroatoms. The van der Waals surface area contributed by atoms with Crippen molar-refractivity contribution >= 4 is 0 Å². The normalized spacial score (nSPS) is 11.0.